The molecule has 0 heterocycles. The summed E-state index contributed by atoms with van der Waals surface area (Å²) in [5.74, 6) is 0. The van der Waals surface area contributed by atoms with Gasteiger partial charge in [0.2, 0.25) is 0 Å². The van der Waals surface area contributed by atoms with Crippen molar-refractivity contribution in [2.45, 2.75) is 18.4 Å². The highest BCUT2D eigenvalue weighted by Crippen LogP contribution is 2.33. The minimum atomic E-state index is -0.764. The molecule has 0 bridgehead atoms. The van der Waals surface area contributed by atoms with Gasteiger partial charge >= 0.3 is 0 Å². The summed E-state index contributed by atoms with van der Waals surface area (Å²) >= 11 is 0. The minimum Gasteiger partial charge on any atom is -0.387 e. The number of hydrogen-bond donors (Lipinski definition) is 1. The molecule has 0 amide bonds. The smallest absolute Gasteiger partial charge is 0.111 e. The summed E-state index contributed by atoms with van der Waals surface area (Å²) in [6, 6.07) is 0. The van der Waals surface area contributed by atoms with Gasteiger partial charge in [0.15, 0.2) is 0 Å². The van der Waals surface area contributed by atoms with E-state index in [9.17, 15) is 5.11 Å². The van der Waals surface area contributed by atoms with E-state index in [4.69, 9.17) is 5.11 Å². The average Bonchev–Trinajstić information content (AvgIpc) is 2.22. The van der Waals surface area contributed by atoms with Crippen molar-refractivity contribution in [2.75, 3.05) is 6.61 Å². The quantitative estimate of drug-likeness (QED) is 0.478. The van der Waals surface area contributed by atoms with Crippen LogP contribution >= 0.6 is 0 Å². The zero-order valence-corrected chi connectivity index (χ0v) is 3.48. The van der Waals surface area contributed by atoms with Crippen molar-refractivity contribution in [3.8, 4) is 0 Å². The molecule has 1 rings (SSSR count). The fraction of sp³-hybridized carbons (Fsp3) is 1.00. The van der Waals surface area contributed by atoms with Gasteiger partial charge in [0.05, 0.1) is 5.60 Å². The molecule has 1 N–H and O–H groups in total. The maximum absolute atomic E-state index is 9.76. The summed E-state index contributed by atoms with van der Waals surface area (Å²) in [6.07, 6.45) is 1.44. The fourth-order valence-corrected chi connectivity index (χ4v) is 0.289. The van der Waals surface area contributed by atoms with Gasteiger partial charge in [0, 0.05) is 0 Å². The zero-order valence-electron chi connectivity index (χ0n) is 3.48. The molecule has 0 saturated heterocycles. The van der Waals surface area contributed by atoms with Crippen LogP contribution in [-0.2, 0) is 5.11 Å². The van der Waals surface area contributed by atoms with Gasteiger partial charge in [-0.25, -0.2) is 5.11 Å². The van der Waals surface area contributed by atoms with Gasteiger partial charge in [-0.3, -0.25) is 0 Å². The number of hydrogen-bond acceptors (Lipinski definition) is 1. The van der Waals surface area contributed by atoms with Crippen LogP contribution in [0.2, 0.25) is 0 Å². The predicted octanol–water partition coefficient (Wildman–Crippen LogP) is -0.0582. The number of aliphatic hydroxyl groups is 1. The molecule has 1 saturated carbocycles. The van der Waals surface area contributed by atoms with E-state index >= 15 is 0 Å². The van der Waals surface area contributed by atoms with Crippen LogP contribution in [0.25, 0.3) is 0 Å². The van der Waals surface area contributed by atoms with Crippen molar-refractivity contribution >= 4 is 0 Å². The maximum Gasteiger partial charge on any atom is 0.111 e. The third-order valence-electron chi connectivity index (χ3n) is 1.10. The van der Waals surface area contributed by atoms with E-state index in [0.717, 1.165) is 12.8 Å². The van der Waals surface area contributed by atoms with Crippen LogP contribution in [0.15, 0.2) is 0 Å². The normalized spacial score (nSPS) is 27.0. The molecule has 35 valence electrons. The van der Waals surface area contributed by atoms with Gasteiger partial charge in [0.1, 0.15) is 6.61 Å². The van der Waals surface area contributed by atoms with E-state index in [0.29, 0.717) is 0 Å². The van der Waals surface area contributed by atoms with Gasteiger partial charge in [-0.1, -0.05) is 0 Å². The second-order valence-corrected chi connectivity index (χ2v) is 1.87. The SMILES string of the molecule is [O]CC1(O)CC1. The second kappa shape index (κ2) is 0.950. The molecule has 0 aromatic rings. The molecule has 1 aliphatic carbocycles. The summed E-state index contributed by atoms with van der Waals surface area (Å²) in [4.78, 5) is 0. The van der Waals surface area contributed by atoms with Gasteiger partial charge in [-0.2, -0.15) is 0 Å². The first kappa shape index (κ1) is 4.09. The minimum absolute atomic E-state index is 0.312. The van der Waals surface area contributed by atoms with Crippen LogP contribution in [0.3, 0.4) is 0 Å². The summed E-state index contributed by atoms with van der Waals surface area (Å²) in [7, 11) is 0. The first-order valence-electron chi connectivity index (χ1n) is 2.07. The lowest BCUT2D eigenvalue weighted by molar-refractivity contribution is 0.0367. The van der Waals surface area contributed by atoms with Gasteiger partial charge in [-0.15, -0.1) is 0 Å². The molecule has 6 heavy (non-hydrogen) atoms. The van der Waals surface area contributed by atoms with Crippen LogP contribution in [-0.4, -0.2) is 17.3 Å². The van der Waals surface area contributed by atoms with E-state index in [2.05, 4.69) is 0 Å². The Labute approximate surface area is 36.4 Å². The Balaban J connectivity index is 2.28. The Hall–Kier alpha value is -0.0800. The molecule has 0 spiro atoms. The molecular formula is C4H7O2. The standard InChI is InChI=1S/C4H7O2/c5-3-4(6)1-2-4/h6H,1-3H2. The topological polar surface area (TPSA) is 40.1 Å². The predicted molar refractivity (Wildman–Crippen MR) is 19.7 cm³/mol. The van der Waals surface area contributed by atoms with Gasteiger partial charge in [0.25, 0.3) is 0 Å². The van der Waals surface area contributed by atoms with Crippen LogP contribution in [0.5, 0.6) is 0 Å². The highest BCUT2D eigenvalue weighted by molar-refractivity contribution is 4.91. The Bertz CT molecular complexity index is 56.6. The lowest BCUT2D eigenvalue weighted by Gasteiger charge is -1.93. The summed E-state index contributed by atoms with van der Waals surface area (Å²) in [6.45, 7) is -0.312. The first-order valence-corrected chi connectivity index (χ1v) is 2.07. The van der Waals surface area contributed by atoms with E-state index in [1.54, 1.807) is 0 Å². The Kier molecular flexibility index (Phi) is 0.648. The molecule has 0 aliphatic heterocycles. The van der Waals surface area contributed by atoms with Crippen molar-refractivity contribution in [2.24, 2.45) is 0 Å². The molecular weight excluding hydrogens is 80.0 g/mol. The zero-order chi connectivity index (χ0) is 4.62. The summed E-state index contributed by atoms with van der Waals surface area (Å²) < 4.78 is 0. The average molecular weight is 87.1 g/mol. The van der Waals surface area contributed by atoms with E-state index in [1.807, 2.05) is 0 Å². The van der Waals surface area contributed by atoms with Crippen LogP contribution in [0, 0.1) is 0 Å². The van der Waals surface area contributed by atoms with E-state index < -0.39 is 5.60 Å². The lowest BCUT2D eigenvalue weighted by Crippen LogP contribution is -2.10. The monoisotopic (exact) mass is 87.0 g/mol. The van der Waals surface area contributed by atoms with E-state index in [-0.39, 0.29) is 6.61 Å². The molecule has 0 atom stereocenters. The van der Waals surface area contributed by atoms with Crippen molar-refractivity contribution in [1.82, 2.24) is 0 Å². The number of rotatable bonds is 1. The Morgan fingerprint density at radius 2 is 2.17 bits per heavy atom. The van der Waals surface area contributed by atoms with Crippen molar-refractivity contribution in [3.63, 3.8) is 0 Å². The molecule has 1 fully saturated rings. The molecule has 1 aliphatic rings. The molecule has 2 heteroatoms. The van der Waals surface area contributed by atoms with Crippen molar-refractivity contribution in [3.05, 3.63) is 0 Å². The van der Waals surface area contributed by atoms with Crippen LogP contribution < -0.4 is 0 Å². The molecule has 0 aromatic carbocycles. The lowest BCUT2D eigenvalue weighted by atomic mass is 10.4. The van der Waals surface area contributed by atoms with Crippen LogP contribution in [0.4, 0.5) is 0 Å². The summed E-state index contributed by atoms with van der Waals surface area (Å²) in [5.41, 5.74) is -0.764. The highest BCUT2D eigenvalue weighted by atomic mass is 16.3. The largest absolute Gasteiger partial charge is 0.387 e. The molecule has 0 unspecified atom stereocenters. The molecule has 1 radical (unpaired) electrons. The molecule has 2 nitrogen and oxygen atoms in total. The van der Waals surface area contributed by atoms with Crippen molar-refractivity contribution in [1.29, 1.82) is 0 Å². The van der Waals surface area contributed by atoms with Gasteiger partial charge in [-0.05, 0) is 12.8 Å². The maximum atomic E-state index is 9.76. The second-order valence-electron chi connectivity index (χ2n) is 1.87. The van der Waals surface area contributed by atoms with E-state index in [1.165, 1.54) is 0 Å². The Morgan fingerprint density at radius 3 is 2.17 bits per heavy atom. The third kappa shape index (κ3) is 0.533. The third-order valence-corrected chi connectivity index (χ3v) is 1.10. The molecule has 0 aromatic heterocycles. The first-order chi connectivity index (χ1) is 2.77. The van der Waals surface area contributed by atoms with Gasteiger partial charge < -0.3 is 5.11 Å². The highest BCUT2D eigenvalue weighted by Gasteiger charge is 2.39. The Morgan fingerprint density at radius 1 is 1.67 bits per heavy atom. The summed E-state index contributed by atoms with van der Waals surface area (Å²) in [5, 5.41) is 18.4. The van der Waals surface area contributed by atoms with Crippen LogP contribution in [0.1, 0.15) is 12.8 Å². The fourth-order valence-electron chi connectivity index (χ4n) is 0.289. The van der Waals surface area contributed by atoms with Crippen molar-refractivity contribution < 1.29 is 10.2 Å².